The van der Waals surface area contributed by atoms with Crippen molar-refractivity contribution < 1.29 is 14.3 Å². The summed E-state index contributed by atoms with van der Waals surface area (Å²) in [6.45, 7) is 1.50. The van der Waals surface area contributed by atoms with Gasteiger partial charge in [-0.1, -0.05) is 0 Å². The Morgan fingerprint density at radius 1 is 1.44 bits per heavy atom. The average Bonchev–Trinajstić information content (AvgIpc) is 2.63. The van der Waals surface area contributed by atoms with Gasteiger partial charge in [-0.2, -0.15) is 0 Å². The Balaban J connectivity index is 2.74. The first-order valence-corrected chi connectivity index (χ1v) is 4.72. The molecule has 1 aromatic heterocycles. The molecule has 0 bridgehead atoms. The highest BCUT2D eigenvalue weighted by molar-refractivity contribution is 5.74. The summed E-state index contributed by atoms with van der Waals surface area (Å²) in [5.41, 5.74) is 16.1. The molecule has 0 aromatic carbocycles. The number of hydrogen-bond donors (Lipinski definition) is 4. The van der Waals surface area contributed by atoms with Crippen molar-refractivity contribution in [2.75, 3.05) is 0 Å². The van der Waals surface area contributed by atoms with E-state index in [1.54, 1.807) is 0 Å². The van der Waals surface area contributed by atoms with Crippen molar-refractivity contribution in [3.63, 3.8) is 0 Å². The number of primary amides is 1. The molecule has 3 atom stereocenters. The summed E-state index contributed by atoms with van der Waals surface area (Å²) in [7, 11) is 0. The molecule has 90 valence electrons. The van der Waals surface area contributed by atoms with E-state index in [9.17, 15) is 9.90 Å². The highest BCUT2D eigenvalue weighted by atomic mass is 16.4. The lowest BCUT2D eigenvalue weighted by Crippen LogP contribution is -2.23. The molecular weight excluding hydrogens is 214 g/mol. The van der Waals surface area contributed by atoms with Gasteiger partial charge < -0.3 is 26.7 Å². The molecular formula is C8H15N5O3. The van der Waals surface area contributed by atoms with E-state index < -0.39 is 24.1 Å². The van der Waals surface area contributed by atoms with Crippen molar-refractivity contribution >= 4 is 5.91 Å². The Hall–Kier alpha value is -1.51. The second-order valence-electron chi connectivity index (χ2n) is 3.52. The van der Waals surface area contributed by atoms with Gasteiger partial charge in [0, 0.05) is 0 Å². The fourth-order valence-corrected chi connectivity index (χ4v) is 1.04. The molecule has 1 amide bonds. The molecule has 0 saturated carbocycles. The zero-order valence-corrected chi connectivity index (χ0v) is 8.83. The molecule has 1 rings (SSSR count). The second kappa shape index (κ2) is 5.01. The molecule has 8 heteroatoms. The number of nitrogens with two attached hydrogens (primary N) is 3. The van der Waals surface area contributed by atoms with Gasteiger partial charge >= 0.3 is 0 Å². The van der Waals surface area contributed by atoms with E-state index in [2.05, 4.69) is 10.2 Å². The van der Waals surface area contributed by atoms with Crippen LogP contribution in [0, 0.1) is 0 Å². The predicted molar refractivity (Wildman–Crippen MR) is 53.6 cm³/mol. The monoisotopic (exact) mass is 229 g/mol. The summed E-state index contributed by atoms with van der Waals surface area (Å²) in [5.74, 6) is -0.415. The standard InChI is InChI=1S/C8H15N5O3/c1-3(14)6(11)8-13-12-7(16-8)4(9)2-5(10)15/h3-4,6,14H,2,9,11H2,1H3,(H2,10,15). The molecule has 8 nitrogen and oxygen atoms in total. The zero-order chi connectivity index (χ0) is 12.3. The van der Waals surface area contributed by atoms with Gasteiger partial charge in [-0.3, -0.25) is 4.79 Å². The molecule has 3 unspecified atom stereocenters. The minimum atomic E-state index is -0.819. The predicted octanol–water partition coefficient (Wildman–Crippen LogP) is -1.67. The van der Waals surface area contributed by atoms with Crippen LogP contribution in [0.2, 0.25) is 0 Å². The van der Waals surface area contributed by atoms with Crippen LogP contribution in [0.25, 0.3) is 0 Å². The van der Waals surface area contributed by atoms with Crippen molar-refractivity contribution in [2.24, 2.45) is 17.2 Å². The molecule has 0 aliphatic carbocycles. The number of aliphatic hydroxyl groups is 1. The number of nitrogens with zero attached hydrogens (tertiary/aromatic N) is 2. The number of hydrogen-bond acceptors (Lipinski definition) is 7. The largest absolute Gasteiger partial charge is 0.422 e. The summed E-state index contributed by atoms with van der Waals surface area (Å²) in [6, 6.07) is -1.53. The van der Waals surface area contributed by atoms with E-state index in [-0.39, 0.29) is 18.2 Å². The fraction of sp³-hybridized carbons (Fsp3) is 0.625. The molecule has 0 radical (unpaired) electrons. The first-order valence-electron chi connectivity index (χ1n) is 4.72. The summed E-state index contributed by atoms with van der Waals surface area (Å²) >= 11 is 0. The summed E-state index contributed by atoms with van der Waals surface area (Å²) in [4.78, 5) is 10.6. The molecule has 16 heavy (non-hydrogen) atoms. The van der Waals surface area contributed by atoms with Gasteiger partial charge in [0.05, 0.1) is 18.6 Å². The minimum absolute atomic E-state index is 0.0740. The van der Waals surface area contributed by atoms with Crippen LogP contribution in [0.4, 0.5) is 0 Å². The van der Waals surface area contributed by atoms with E-state index in [4.69, 9.17) is 21.6 Å². The topological polar surface area (TPSA) is 154 Å². The fourth-order valence-electron chi connectivity index (χ4n) is 1.04. The Kier molecular flexibility index (Phi) is 3.93. The highest BCUT2D eigenvalue weighted by Gasteiger charge is 2.22. The Morgan fingerprint density at radius 3 is 2.50 bits per heavy atom. The van der Waals surface area contributed by atoms with Crippen LogP contribution in [0.3, 0.4) is 0 Å². The van der Waals surface area contributed by atoms with E-state index in [1.807, 2.05) is 0 Å². The van der Waals surface area contributed by atoms with Crippen molar-refractivity contribution in [1.29, 1.82) is 0 Å². The quantitative estimate of drug-likeness (QED) is 0.470. The van der Waals surface area contributed by atoms with E-state index in [1.165, 1.54) is 6.92 Å². The number of carbonyl (C=O) groups excluding carboxylic acids is 1. The van der Waals surface area contributed by atoms with E-state index in [0.717, 1.165) is 0 Å². The minimum Gasteiger partial charge on any atom is -0.422 e. The lowest BCUT2D eigenvalue weighted by atomic mass is 10.2. The van der Waals surface area contributed by atoms with Crippen LogP contribution < -0.4 is 17.2 Å². The molecule has 0 spiro atoms. The Bertz CT molecular complexity index is 364. The van der Waals surface area contributed by atoms with E-state index >= 15 is 0 Å². The number of rotatable bonds is 5. The van der Waals surface area contributed by atoms with Gasteiger partial charge in [0.25, 0.3) is 0 Å². The number of amides is 1. The van der Waals surface area contributed by atoms with Crippen LogP contribution in [0.1, 0.15) is 37.2 Å². The van der Waals surface area contributed by atoms with Gasteiger partial charge in [-0.15, -0.1) is 10.2 Å². The second-order valence-corrected chi connectivity index (χ2v) is 3.52. The molecule has 0 aliphatic heterocycles. The SMILES string of the molecule is CC(O)C(N)c1nnc(C(N)CC(N)=O)o1. The maximum absolute atomic E-state index is 10.6. The van der Waals surface area contributed by atoms with Gasteiger partial charge in [0.2, 0.25) is 17.7 Å². The smallest absolute Gasteiger partial charge is 0.235 e. The maximum Gasteiger partial charge on any atom is 0.235 e. The molecule has 0 aliphatic rings. The van der Waals surface area contributed by atoms with Crippen molar-refractivity contribution in [3.05, 3.63) is 11.8 Å². The maximum atomic E-state index is 10.6. The van der Waals surface area contributed by atoms with Crippen molar-refractivity contribution in [3.8, 4) is 0 Å². The number of aliphatic hydroxyl groups excluding tert-OH is 1. The van der Waals surface area contributed by atoms with Crippen LogP contribution in [-0.2, 0) is 4.79 Å². The lowest BCUT2D eigenvalue weighted by molar-refractivity contribution is -0.118. The van der Waals surface area contributed by atoms with Crippen LogP contribution in [0.5, 0.6) is 0 Å². The average molecular weight is 229 g/mol. The van der Waals surface area contributed by atoms with Crippen LogP contribution >= 0.6 is 0 Å². The normalized spacial score (nSPS) is 16.8. The third-order valence-corrected chi connectivity index (χ3v) is 2.00. The summed E-state index contributed by atoms with van der Waals surface area (Å²) in [5, 5.41) is 16.5. The lowest BCUT2D eigenvalue weighted by Gasteiger charge is -2.09. The van der Waals surface area contributed by atoms with Crippen LogP contribution in [0.15, 0.2) is 4.42 Å². The number of aromatic nitrogens is 2. The highest BCUT2D eigenvalue weighted by Crippen LogP contribution is 2.17. The zero-order valence-electron chi connectivity index (χ0n) is 8.83. The van der Waals surface area contributed by atoms with Crippen molar-refractivity contribution in [1.82, 2.24) is 10.2 Å². The Labute approximate surface area is 91.8 Å². The molecule has 1 aromatic rings. The van der Waals surface area contributed by atoms with Gasteiger partial charge in [0.1, 0.15) is 6.04 Å². The van der Waals surface area contributed by atoms with Gasteiger partial charge in [-0.25, -0.2) is 0 Å². The third-order valence-electron chi connectivity index (χ3n) is 2.00. The number of carbonyl (C=O) groups is 1. The van der Waals surface area contributed by atoms with Gasteiger partial charge in [-0.05, 0) is 6.92 Å². The first-order chi connectivity index (χ1) is 7.41. The molecule has 0 fully saturated rings. The summed E-state index contributed by atoms with van der Waals surface area (Å²) in [6.07, 6.45) is -0.911. The van der Waals surface area contributed by atoms with Crippen LogP contribution in [-0.4, -0.2) is 27.3 Å². The third kappa shape index (κ3) is 2.99. The van der Waals surface area contributed by atoms with Gasteiger partial charge in [0.15, 0.2) is 0 Å². The van der Waals surface area contributed by atoms with Crippen molar-refractivity contribution in [2.45, 2.75) is 31.5 Å². The Morgan fingerprint density at radius 2 is 2.00 bits per heavy atom. The molecule has 1 heterocycles. The van der Waals surface area contributed by atoms with E-state index in [0.29, 0.717) is 0 Å². The molecule has 0 saturated heterocycles. The summed E-state index contributed by atoms with van der Waals surface area (Å²) < 4.78 is 5.13. The molecule has 7 N–H and O–H groups in total. The first kappa shape index (κ1) is 12.6.